The molecule has 8 heteroatoms. The van der Waals surface area contributed by atoms with E-state index in [1.807, 2.05) is 36.2 Å². The molecule has 0 aliphatic heterocycles. The lowest BCUT2D eigenvalue weighted by molar-refractivity contribution is 0.137. The van der Waals surface area contributed by atoms with Crippen molar-refractivity contribution in [1.29, 1.82) is 0 Å². The number of nitrogens with zero attached hydrogens (tertiary/aromatic N) is 5. The smallest absolute Gasteiger partial charge is 0.299 e. The van der Waals surface area contributed by atoms with Crippen LogP contribution in [0, 0.1) is 0 Å². The van der Waals surface area contributed by atoms with Gasteiger partial charge in [0.05, 0.1) is 0 Å². The fourth-order valence-corrected chi connectivity index (χ4v) is 2.92. The van der Waals surface area contributed by atoms with E-state index in [4.69, 9.17) is 0 Å². The first-order chi connectivity index (χ1) is 12.2. The van der Waals surface area contributed by atoms with E-state index in [-0.39, 0.29) is 0 Å². The second-order valence-corrected chi connectivity index (χ2v) is 5.69. The molecule has 1 aromatic carbocycles. The molecule has 3 aromatic heterocycles. The van der Waals surface area contributed by atoms with Crippen LogP contribution in [0.2, 0.25) is 0 Å². The minimum atomic E-state index is -2.72. The maximum absolute atomic E-state index is 13.0. The van der Waals surface area contributed by atoms with E-state index < -0.39 is 12.2 Å². The van der Waals surface area contributed by atoms with Gasteiger partial charge in [0.2, 0.25) is 5.82 Å². The predicted molar refractivity (Wildman–Crippen MR) is 90.8 cm³/mol. The lowest BCUT2D eigenvalue weighted by Gasteiger charge is -2.21. The number of benzene rings is 1. The summed E-state index contributed by atoms with van der Waals surface area (Å²) in [6.45, 7) is 3.30. The zero-order chi connectivity index (χ0) is 17.4. The Morgan fingerprint density at radius 2 is 2.00 bits per heavy atom. The van der Waals surface area contributed by atoms with Crippen LogP contribution in [0.3, 0.4) is 0 Å². The average Bonchev–Trinajstić information content (AvgIpc) is 3.23. The third-order valence-electron chi connectivity index (χ3n) is 4.21. The van der Waals surface area contributed by atoms with Crippen molar-refractivity contribution in [3.05, 3.63) is 54.0 Å². The van der Waals surface area contributed by atoms with Gasteiger partial charge in [0.15, 0.2) is 5.65 Å². The molecule has 0 aliphatic carbocycles. The molecular weight excluding hydrogens is 326 g/mol. The molecule has 0 radical (unpaired) electrons. The van der Waals surface area contributed by atoms with Crippen LogP contribution < -0.4 is 4.90 Å². The molecule has 4 aromatic rings. The van der Waals surface area contributed by atoms with Gasteiger partial charge in [-0.25, -0.2) is 8.78 Å². The molecule has 1 N–H and O–H groups in total. The molecule has 0 spiro atoms. The SMILES string of the molecule is CCN(Cc1c[nH]c2ccccc12)c1ccc2nnc(C(F)F)n2n1. The molecule has 0 fully saturated rings. The van der Waals surface area contributed by atoms with Gasteiger partial charge in [-0.15, -0.1) is 15.3 Å². The van der Waals surface area contributed by atoms with Crippen molar-refractivity contribution in [3.63, 3.8) is 0 Å². The number of anilines is 1. The fourth-order valence-electron chi connectivity index (χ4n) is 2.92. The quantitative estimate of drug-likeness (QED) is 0.602. The number of H-pyrrole nitrogens is 1. The first-order valence-electron chi connectivity index (χ1n) is 7.98. The van der Waals surface area contributed by atoms with Gasteiger partial charge in [-0.05, 0) is 30.7 Å². The second-order valence-electron chi connectivity index (χ2n) is 5.69. The zero-order valence-electron chi connectivity index (χ0n) is 13.5. The van der Waals surface area contributed by atoms with Gasteiger partial charge in [0.1, 0.15) is 5.82 Å². The number of halogens is 2. The monoisotopic (exact) mass is 342 g/mol. The Labute approximate surface area is 142 Å². The Morgan fingerprint density at radius 1 is 1.16 bits per heavy atom. The highest BCUT2D eigenvalue weighted by molar-refractivity contribution is 5.83. The van der Waals surface area contributed by atoms with E-state index >= 15 is 0 Å². The summed E-state index contributed by atoms with van der Waals surface area (Å²) in [5.41, 5.74) is 2.50. The van der Waals surface area contributed by atoms with Crippen molar-refractivity contribution >= 4 is 22.4 Å². The van der Waals surface area contributed by atoms with E-state index in [1.165, 1.54) is 0 Å². The third kappa shape index (κ3) is 2.69. The van der Waals surface area contributed by atoms with Gasteiger partial charge < -0.3 is 9.88 Å². The predicted octanol–water partition coefficient (Wildman–Crippen LogP) is 3.57. The maximum atomic E-state index is 13.0. The number of fused-ring (bicyclic) bond motifs is 2. The summed E-state index contributed by atoms with van der Waals surface area (Å²) in [5.74, 6) is 0.155. The molecule has 6 nitrogen and oxygen atoms in total. The Hall–Kier alpha value is -3.03. The van der Waals surface area contributed by atoms with Crippen LogP contribution in [-0.4, -0.2) is 31.3 Å². The summed E-state index contributed by atoms with van der Waals surface area (Å²) in [4.78, 5) is 5.27. The third-order valence-corrected chi connectivity index (χ3v) is 4.21. The molecular formula is C17H16F2N6. The van der Waals surface area contributed by atoms with Crippen molar-refractivity contribution in [2.24, 2.45) is 0 Å². The van der Waals surface area contributed by atoms with Gasteiger partial charge in [-0.3, -0.25) is 0 Å². The molecule has 128 valence electrons. The first kappa shape index (κ1) is 15.5. The van der Waals surface area contributed by atoms with Crippen molar-refractivity contribution in [1.82, 2.24) is 24.8 Å². The number of hydrogen-bond donors (Lipinski definition) is 1. The molecule has 25 heavy (non-hydrogen) atoms. The summed E-state index contributed by atoms with van der Waals surface area (Å²) in [6, 6.07) is 11.5. The molecule has 0 bridgehead atoms. The summed E-state index contributed by atoms with van der Waals surface area (Å²) >= 11 is 0. The summed E-state index contributed by atoms with van der Waals surface area (Å²) in [5, 5.41) is 12.7. The molecule has 0 saturated carbocycles. The van der Waals surface area contributed by atoms with Crippen LogP contribution in [-0.2, 0) is 6.54 Å². The number of nitrogens with one attached hydrogen (secondary N) is 1. The number of para-hydroxylation sites is 1. The largest absolute Gasteiger partial charge is 0.361 e. The van der Waals surface area contributed by atoms with E-state index in [0.717, 1.165) is 21.0 Å². The van der Waals surface area contributed by atoms with Crippen molar-refractivity contribution in [2.75, 3.05) is 11.4 Å². The molecule has 3 heterocycles. The van der Waals surface area contributed by atoms with Gasteiger partial charge in [-0.2, -0.15) is 4.52 Å². The zero-order valence-corrected chi connectivity index (χ0v) is 13.5. The second kappa shape index (κ2) is 6.12. The van der Waals surface area contributed by atoms with Gasteiger partial charge in [0, 0.05) is 30.2 Å². The Morgan fingerprint density at radius 3 is 2.80 bits per heavy atom. The van der Waals surface area contributed by atoms with Crippen LogP contribution in [0.15, 0.2) is 42.6 Å². The number of hydrogen-bond acceptors (Lipinski definition) is 4. The number of alkyl halides is 2. The van der Waals surface area contributed by atoms with E-state index in [1.54, 1.807) is 12.1 Å². The van der Waals surface area contributed by atoms with Gasteiger partial charge in [0.25, 0.3) is 6.43 Å². The molecule has 4 rings (SSSR count). The number of aromatic amines is 1. The molecule has 0 atom stereocenters. The number of aromatic nitrogens is 5. The molecule has 0 saturated heterocycles. The Kier molecular flexibility index (Phi) is 3.79. The van der Waals surface area contributed by atoms with Crippen molar-refractivity contribution in [3.8, 4) is 0 Å². The minimum Gasteiger partial charge on any atom is -0.361 e. The Bertz CT molecular complexity index is 1020. The van der Waals surface area contributed by atoms with E-state index in [2.05, 4.69) is 26.3 Å². The van der Waals surface area contributed by atoms with E-state index in [0.29, 0.717) is 24.6 Å². The summed E-state index contributed by atoms with van der Waals surface area (Å²) in [7, 11) is 0. The fraction of sp³-hybridized carbons (Fsp3) is 0.235. The van der Waals surface area contributed by atoms with Crippen LogP contribution >= 0.6 is 0 Å². The molecule has 0 aliphatic rings. The summed E-state index contributed by atoms with van der Waals surface area (Å²) in [6.07, 6.45) is -0.753. The van der Waals surface area contributed by atoms with Gasteiger partial charge >= 0.3 is 0 Å². The minimum absolute atomic E-state index is 0.308. The summed E-state index contributed by atoms with van der Waals surface area (Å²) < 4.78 is 27.2. The molecule has 0 amide bonds. The average molecular weight is 342 g/mol. The lowest BCUT2D eigenvalue weighted by atomic mass is 10.1. The lowest BCUT2D eigenvalue weighted by Crippen LogP contribution is -2.23. The van der Waals surface area contributed by atoms with Crippen LogP contribution in [0.4, 0.5) is 14.6 Å². The van der Waals surface area contributed by atoms with Crippen LogP contribution in [0.5, 0.6) is 0 Å². The van der Waals surface area contributed by atoms with E-state index in [9.17, 15) is 8.78 Å². The highest BCUT2D eigenvalue weighted by atomic mass is 19.3. The Balaban J connectivity index is 1.71. The van der Waals surface area contributed by atoms with Crippen LogP contribution in [0.25, 0.3) is 16.6 Å². The molecule has 0 unspecified atom stereocenters. The van der Waals surface area contributed by atoms with Gasteiger partial charge in [-0.1, -0.05) is 18.2 Å². The normalized spacial score (nSPS) is 11.7. The van der Waals surface area contributed by atoms with Crippen molar-refractivity contribution in [2.45, 2.75) is 19.9 Å². The first-order valence-corrected chi connectivity index (χ1v) is 7.98. The van der Waals surface area contributed by atoms with Crippen molar-refractivity contribution < 1.29 is 8.78 Å². The van der Waals surface area contributed by atoms with Crippen LogP contribution in [0.1, 0.15) is 24.7 Å². The topological polar surface area (TPSA) is 62.1 Å². The maximum Gasteiger partial charge on any atom is 0.299 e. The standard InChI is InChI=1S/C17H16F2N6/c1-2-24(10-11-9-20-13-6-4-3-5-12(11)13)15-8-7-14-21-22-17(16(18)19)25(14)23-15/h3-9,16,20H,2,10H2,1H3. The highest BCUT2D eigenvalue weighted by Gasteiger charge is 2.18. The highest BCUT2D eigenvalue weighted by Crippen LogP contribution is 2.23. The number of rotatable bonds is 5.